The molecule has 1 aromatic rings. The third-order valence-corrected chi connectivity index (χ3v) is 2.44. The second-order valence-corrected chi connectivity index (χ2v) is 3.86. The summed E-state index contributed by atoms with van der Waals surface area (Å²) in [5.41, 5.74) is 2.56. The van der Waals surface area contributed by atoms with Crippen molar-refractivity contribution in [2.24, 2.45) is 4.99 Å². The molecule has 0 amide bonds. The average Bonchev–Trinajstić information content (AvgIpc) is 2.19. The minimum atomic E-state index is 0.199. The number of aromatic hydroxyl groups is 1. The van der Waals surface area contributed by atoms with Crippen molar-refractivity contribution in [3.8, 4) is 5.75 Å². The number of phenols is 1. The average molecular weight is 205 g/mol. The Morgan fingerprint density at radius 1 is 1.47 bits per heavy atom. The van der Waals surface area contributed by atoms with Gasteiger partial charge in [-0.15, -0.1) is 0 Å². The predicted molar refractivity (Wildman–Crippen MR) is 58.8 cm³/mol. The van der Waals surface area contributed by atoms with Gasteiger partial charge in [0.1, 0.15) is 5.75 Å². The topological polar surface area (TPSA) is 49.7 Å². The van der Waals surface area contributed by atoms with Crippen molar-refractivity contribution >= 4 is 6.08 Å². The quantitative estimate of drug-likeness (QED) is 0.609. The van der Waals surface area contributed by atoms with E-state index in [0.29, 0.717) is 5.92 Å². The van der Waals surface area contributed by atoms with Crippen molar-refractivity contribution in [2.75, 3.05) is 0 Å². The summed E-state index contributed by atoms with van der Waals surface area (Å²) in [6, 6.07) is 3.84. The van der Waals surface area contributed by atoms with E-state index in [1.165, 1.54) is 6.08 Å². The molecule has 0 bridgehead atoms. The van der Waals surface area contributed by atoms with Gasteiger partial charge in [0.05, 0.1) is 6.54 Å². The molecule has 0 atom stereocenters. The highest BCUT2D eigenvalue weighted by atomic mass is 16.3. The van der Waals surface area contributed by atoms with Gasteiger partial charge < -0.3 is 5.11 Å². The molecule has 15 heavy (non-hydrogen) atoms. The van der Waals surface area contributed by atoms with Crippen molar-refractivity contribution in [3.63, 3.8) is 0 Å². The van der Waals surface area contributed by atoms with Gasteiger partial charge in [-0.25, -0.2) is 9.79 Å². The number of carbonyl (C=O) groups excluding carboxylic acids is 1. The van der Waals surface area contributed by atoms with Crippen LogP contribution in [0.4, 0.5) is 0 Å². The van der Waals surface area contributed by atoms with Gasteiger partial charge in [-0.2, -0.15) is 0 Å². The standard InChI is InChI=1S/C12H15NO2/c1-8(2)10-5-4-9(3)12(15)11(10)6-13-7-14/h4-5,8,15H,6H2,1-3H3. The zero-order chi connectivity index (χ0) is 11.4. The summed E-state index contributed by atoms with van der Waals surface area (Å²) < 4.78 is 0. The van der Waals surface area contributed by atoms with Crippen LogP contribution in [0, 0.1) is 6.92 Å². The van der Waals surface area contributed by atoms with Gasteiger partial charge in [-0.3, -0.25) is 0 Å². The van der Waals surface area contributed by atoms with Gasteiger partial charge in [0, 0.05) is 5.56 Å². The first-order valence-corrected chi connectivity index (χ1v) is 4.93. The maximum Gasteiger partial charge on any atom is 0.235 e. The van der Waals surface area contributed by atoms with E-state index in [0.717, 1.165) is 16.7 Å². The van der Waals surface area contributed by atoms with Crippen LogP contribution < -0.4 is 0 Å². The predicted octanol–water partition coefficient (Wildman–Crippen LogP) is 2.66. The summed E-state index contributed by atoms with van der Waals surface area (Å²) >= 11 is 0. The zero-order valence-corrected chi connectivity index (χ0v) is 9.24. The molecular formula is C12H15NO2. The van der Waals surface area contributed by atoms with E-state index in [4.69, 9.17) is 0 Å². The fourth-order valence-corrected chi connectivity index (χ4v) is 1.59. The monoisotopic (exact) mass is 205 g/mol. The molecule has 0 aromatic heterocycles. The van der Waals surface area contributed by atoms with Crippen LogP contribution in [0.25, 0.3) is 0 Å². The highest BCUT2D eigenvalue weighted by molar-refractivity contribution is 5.47. The molecule has 0 spiro atoms. The maximum atomic E-state index is 10.1. The number of rotatable bonds is 3. The number of phenolic OH excluding ortho intramolecular Hbond substituents is 1. The normalized spacial score (nSPS) is 10.1. The lowest BCUT2D eigenvalue weighted by atomic mass is 9.94. The SMILES string of the molecule is Cc1ccc(C(C)C)c(CN=C=O)c1O. The van der Waals surface area contributed by atoms with Crippen LogP contribution in [0.15, 0.2) is 17.1 Å². The maximum absolute atomic E-state index is 10.1. The van der Waals surface area contributed by atoms with Crippen molar-refractivity contribution in [1.29, 1.82) is 0 Å². The molecule has 3 heteroatoms. The molecule has 1 aromatic carbocycles. The lowest BCUT2D eigenvalue weighted by Crippen LogP contribution is -1.97. The molecule has 0 saturated heterocycles. The third-order valence-electron chi connectivity index (χ3n) is 2.44. The van der Waals surface area contributed by atoms with E-state index >= 15 is 0 Å². The Labute approximate surface area is 89.5 Å². The van der Waals surface area contributed by atoms with Crippen LogP contribution in [0.1, 0.15) is 36.5 Å². The number of isocyanates is 1. The lowest BCUT2D eigenvalue weighted by Gasteiger charge is -2.14. The highest BCUT2D eigenvalue weighted by Gasteiger charge is 2.12. The Balaban J connectivity index is 3.27. The van der Waals surface area contributed by atoms with Gasteiger partial charge in [0.25, 0.3) is 0 Å². The number of hydrogen-bond donors (Lipinski definition) is 1. The number of nitrogens with zero attached hydrogens (tertiary/aromatic N) is 1. The molecular weight excluding hydrogens is 190 g/mol. The molecule has 3 nitrogen and oxygen atoms in total. The van der Waals surface area contributed by atoms with Gasteiger partial charge in [0.2, 0.25) is 6.08 Å². The van der Waals surface area contributed by atoms with E-state index in [2.05, 4.69) is 4.99 Å². The number of benzene rings is 1. The first-order valence-electron chi connectivity index (χ1n) is 4.93. The molecule has 0 aliphatic carbocycles. The molecule has 0 fully saturated rings. The fourth-order valence-electron chi connectivity index (χ4n) is 1.59. The fraction of sp³-hybridized carbons (Fsp3) is 0.417. The minimum absolute atomic E-state index is 0.199. The van der Waals surface area contributed by atoms with Gasteiger partial charge in [-0.05, 0) is 24.0 Å². The molecule has 0 radical (unpaired) electrons. The van der Waals surface area contributed by atoms with Crippen LogP contribution in [0.3, 0.4) is 0 Å². The number of aryl methyl sites for hydroxylation is 1. The van der Waals surface area contributed by atoms with E-state index in [1.807, 2.05) is 32.9 Å². The summed E-state index contributed by atoms with van der Waals surface area (Å²) in [6.07, 6.45) is 1.49. The van der Waals surface area contributed by atoms with E-state index in [9.17, 15) is 9.90 Å². The molecule has 0 heterocycles. The Kier molecular flexibility index (Phi) is 3.64. The summed E-state index contributed by atoms with van der Waals surface area (Å²) in [7, 11) is 0. The third kappa shape index (κ3) is 2.45. The van der Waals surface area contributed by atoms with Crippen molar-refractivity contribution in [2.45, 2.75) is 33.2 Å². The molecule has 1 rings (SSSR count). The van der Waals surface area contributed by atoms with E-state index in [1.54, 1.807) is 0 Å². The second-order valence-electron chi connectivity index (χ2n) is 3.86. The smallest absolute Gasteiger partial charge is 0.235 e. The summed E-state index contributed by atoms with van der Waals surface area (Å²) in [4.78, 5) is 13.6. The van der Waals surface area contributed by atoms with Gasteiger partial charge in [0.15, 0.2) is 0 Å². The first-order chi connectivity index (χ1) is 7.07. The summed E-state index contributed by atoms with van der Waals surface area (Å²) in [5.74, 6) is 0.536. The summed E-state index contributed by atoms with van der Waals surface area (Å²) in [5, 5.41) is 9.86. The van der Waals surface area contributed by atoms with Crippen molar-refractivity contribution in [3.05, 3.63) is 28.8 Å². The van der Waals surface area contributed by atoms with Gasteiger partial charge >= 0.3 is 0 Å². The Morgan fingerprint density at radius 2 is 2.13 bits per heavy atom. The molecule has 0 unspecified atom stereocenters. The molecule has 0 aliphatic heterocycles. The zero-order valence-electron chi connectivity index (χ0n) is 9.24. The highest BCUT2D eigenvalue weighted by Crippen LogP contribution is 2.30. The minimum Gasteiger partial charge on any atom is -0.507 e. The van der Waals surface area contributed by atoms with Crippen LogP contribution >= 0.6 is 0 Å². The molecule has 80 valence electrons. The Bertz CT molecular complexity index is 404. The van der Waals surface area contributed by atoms with E-state index in [-0.39, 0.29) is 12.3 Å². The number of hydrogen-bond acceptors (Lipinski definition) is 3. The Morgan fingerprint density at radius 3 is 2.67 bits per heavy atom. The Hall–Kier alpha value is -1.60. The molecule has 1 N–H and O–H groups in total. The van der Waals surface area contributed by atoms with Crippen molar-refractivity contribution in [1.82, 2.24) is 0 Å². The summed E-state index contributed by atoms with van der Waals surface area (Å²) in [6.45, 7) is 6.11. The van der Waals surface area contributed by atoms with Crippen LogP contribution in [0.5, 0.6) is 5.75 Å². The van der Waals surface area contributed by atoms with Crippen molar-refractivity contribution < 1.29 is 9.90 Å². The first kappa shape index (κ1) is 11.5. The van der Waals surface area contributed by atoms with Gasteiger partial charge in [-0.1, -0.05) is 26.0 Å². The van der Waals surface area contributed by atoms with Crippen LogP contribution in [-0.4, -0.2) is 11.2 Å². The van der Waals surface area contributed by atoms with Crippen LogP contribution in [-0.2, 0) is 11.3 Å². The molecule has 0 saturated carbocycles. The molecule has 0 aliphatic rings. The van der Waals surface area contributed by atoms with E-state index < -0.39 is 0 Å². The lowest BCUT2D eigenvalue weighted by molar-refractivity contribution is 0.462. The van der Waals surface area contributed by atoms with Crippen LogP contribution in [0.2, 0.25) is 0 Å². The number of aliphatic imine (C=N–C) groups is 1. The largest absolute Gasteiger partial charge is 0.507 e. The second kappa shape index (κ2) is 4.76.